The second-order valence-corrected chi connectivity index (χ2v) is 5.15. The van der Waals surface area contributed by atoms with E-state index in [-0.39, 0.29) is 11.9 Å². The number of halogens is 2. The van der Waals surface area contributed by atoms with E-state index in [1.165, 1.54) is 6.07 Å². The number of aryl methyl sites for hydroxylation is 1. The Kier molecular flexibility index (Phi) is 4.50. The fourth-order valence-electron chi connectivity index (χ4n) is 1.75. The normalized spacial score (nSPS) is 12.2. The Morgan fingerprint density at radius 1 is 1.37 bits per heavy atom. The Balaban J connectivity index is 2.18. The van der Waals surface area contributed by atoms with Crippen molar-refractivity contribution in [2.24, 2.45) is 5.73 Å². The molecular formula is C14H15BrFN3. The second-order valence-electron chi connectivity index (χ2n) is 4.29. The number of nitrogens with two attached hydrogens (primary N) is 1. The molecule has 5 heteroatoms. The summed E-state index contributed by atoms with van der Waals surface area (Å²) in [4.78, 5) is 4.26. The molecule has 0 radical (unpaired) electrons. The first-order chi connectivity index (χ1) is 9.10. The smallest absolute Gasteiger partial charge is 0.137 e. The van der Waals surface area contributed by atoms with E-state index in [0.717, 1.165) is 16.9 Å². The minimum atomic E-state index is -0.285. The fourth-order valence-corrected chi connectivity index (χ4v) is 2.13. The number of rotatable bonds is 4. The summed E-state index contributed by atoms with van der Waals surface area (Å²) in [5.74, 6) is -0.285. The van der Waals surface area contributed by atoms with E-state index in [9.17, 15) is 4.39 Å². The third kappa shape index (κ3) is 3.52. The van der Waals surface area contributed by atoms with Gasteiger partial charge < -0.3 is 11.1 Å². The maximum atomic E-state index is 13.2. The molecule has 0 aliphatic heterocycles. The average molecular weight is 324 g/mol. The minimum Gasteiger partial charge on any atom is -0.377 e. The van der Waals surface area contributed by atoms with Crippen LogP contribution in [0.1, 0.15) is 17.3 Å². The zero-order valence-electron chi connectivity index (χ0n) is 10.5. The van der Waals surface area contributed by atoms with Crippen molar-refractivity contribution in [3.05, 3.63) is 58.1 Å². The topological polar surface area (TPSA) is 50.9 Å². The van der Waals surface area contributed by atoms with Crippen molar-refractivity contribution in [1.82, 2.24) is 4.98 Å². The maximum Gasteiger partial charge on any atom is 0.137 e. The first-order valence-electron chi connectivity index (χ1n) is 5.94. The highest BCUT2D eigenvalue weighted by atomic mass is 79.9. The van der Waals surface area contributed by atoms with Crippen LogP contribution in [-0.4, -0.2) is 11.5 Å². The fraction of sp³-hybridized carbons (Fsp3) is 0.214. The molecule has 0 aliphatic rings. The van der Waals surface area contributed by atoms with Crippen LogP contribution in [0.2, 0.25) is 0 Å². The van der Waals surface area contributed by atoms with Crippen molar-refractivity contribution in [2.45, 2.75) is 13.0 Å². The van der Waals surface area contributed by atoms with Crippen molar-refractivity contribution in [3.8, 4) is 0 Å². The zero-order chi connectivity index (χ0) is 13.8. The number of pyridine rings is 1. The van der Waals surface area contributed by atoms with Gasteiger partial charge in [-0.15, -0.1) is 0 Å². The highest BCUT2D eigenvalue weighted by Gasteiger charge is 2.10. The molecule has 0 amide bonds. The van der Waals surface area contributed by atoms with Gasteiger partial charge >= 0.3 is 0 Å². The lowest BCUT2D eigenvalue weighted by molar-refractivity contribution is 0.621. The van der Waals surface area contributed by atoms with Crippen molar-refractivity contribution in [3.63, 3.8) is 0 Å². The molecular weight excluding hydrogens is 309 g/mol. The molecule has 0 bridgehead atoms. The van der Waals surface area contributed by atoms with Crippen LogP contribution in [-0.2, 0) is 0 Å². The van der Waals surface area contributed by atoms with Gasteiger partial charge in [-0.3, -0.25) is 4.98 Å². The Morgan fingerprint density at radius 3 is 2.74 bits per heavy atom. The molecule has 3 nitrogen and oxygen atoms in total. The van der Waals surface area contributed by atoms with Gasteiger partial charge in [0.05, 0.1) is 10.5 Å². The molecule has 1 heterocycles. The summed E-state index contributed by atoms with van der Waals surface area (Å²) in [6, 6.07) is 8.67. The monoisotopic (exact) mass is 323 g/mol. The van der Waals surface area contributed by atoms with E-state index in [4.69, 9.17) is 5.73 Å². The molecule has 1 unspecified atom stereocenters. The van der Waals surface area contributed by atoms with Gasteiger partial charge in [0, 0.05) is 24.1 Å². The lowest BCUT2D eigenvalue weighted by Gasteiger charge is -2.18. The van der Waals surface area contributed by atoms with E-state index in [1.807, 2.05) is 19.1 Å². The summed E-state index contributed by atoms with van der Waals surface area (Å²) in [6.45, 7) is 2.37. The van der Waals surface area contributed by atoms with Crippen LogP contribution in [0.4, 0.5) is 10.1 Å². The molecule has 100 valence electrons. The molecule has 1 aromatic carbocycles. The largest absolute Gasteiger partial charge is 0.377 e. The van der Waals surface area contributed by atoms with Crippen molar-refractivity contribution in [2.75, 3.05) is 11.9 Å². The van der Waals surface area contributed by atoms with E-state index in [1.54, 1.807) is 18.3 Å². The van der Waals surface area contributed by atoms with Crippen LogP contribution in [0.5, 0.6) is 0 Å². The minimum absolute atomic E-state index is 0.0505. The number of anilines is 1. The molecule has 2 rings (SSSR count). The summed E-state index contributed by atoms with van der Waals surface area (Å²) in [5, 5.41) is 3.27. The molecule has 0 aliphatic carbocycles. The molecule has 0 spiro atoms. The van der Waals surface area contributed by atoms with Crippen LogP contribution in [0.25, 0.3) is 0 Å². The summed E-state index contributed by atoms with van der Waals surface area (Å²) in [7, 11) is 0. The van der Waals surface area contributed by atoms with Gasteiger partial charge in [-0.1, -0.05) is 6.07 Å². The Labute approximate surface area is 120 Å². The molecule has 3 N–H and O–H groups in total. The number of benzene rings is 1. The lowest BCUT2D eigenvalue weighted by atomic mass is 10.1. The number of nitrogens with one attached hydrogen (secondary N) is 1. The first kappa shape index (κ1) is 14.0. The van der Waals surface area contributed by atoms with Crippen molar-refractivity contribution in [1.29, 1.82) is 0 Å². The second kappa shape index (κ2) is 6.12. The van der Waals surface area contributed by atoms with Gasteiger partial charge in [0.15, 0.2) is 0 Å². The van der Waals surface area contributed by atoms with Gasteiger partial charge in [-0.2, -0.15) is 0 Å². The van der Waals surface area contributed by atoms with Crippen molar-refractivity contribution < 1.29 is 4.39 Å². The third-order valence-corrected chi connectivity index (χ3v) is 3.44. The molecule has 0 saturated heterocycles. The van der Waals surface area contributed by atoms with E-state index >= 15 is 0 Å². The summed E-state index contributed by atoms with van der Waals surface area (Å²) >= 11 is 3.17. The maximum absolute atomic E-state index is 13.2. The molecule has 1 aromatic heterocycles. The summed E-state index contributed by atoms with van der Waals surface area (Å²) < 4.78 is 13.6. The predicted molar refractivity (Wildman–Crippen MR) is 78.5 cm³/mol. The molecule has 0 fully saturated rings. The Bertz CT molecular complexity index is 557. The number of hydrogen-bond acceptors (Lipinski definition) is 3. The highest BCUT2D eigenvalue weighted by molar-refractivity contribution is 9.10. The first-order valence-corrected chi connectivity index (χ1v) is 6.73. The van der Waals surface area contributed by atoms with Crippen LogP contribution in [0.15, 0.2) is 41.0 Å². The van der Waals surface area contributed by atoms with Gasteiger partial charge in [0.2, 0.25) is 0 Å². The number of nitrogens with zero attached hydrogens (tertiary/aromatic N) is 1. The third-order valence-electron chi connectivity index (χ3n) is 2.83. The van der Waals surface area contributed by atoms with Gasteiger partial charge in [-0.25, -0.2) is 4.39 Å². The van der Waals surface area contributed by atoms with E-state index in [2.05, 4.69) is 26.2 Å². The average Bonchev–Trinajstić information content (AvgIpc) is 2.41. The van der Waals surface area contributed by atoms with Crippen LogP contribution in [0.3, 0.4) is 0 Å². The zero-order valence-corrected chi connectivity index (χ0v) is 12.1. The molecule has 1 atom stereocenters. The molecule has 2 aromatic rings. The quantitative estimate of drug-likeness (QED) is 0.906. The van der Waals surface area contributed by atoms with Crippen LogP contribution in [0, 0.1) is 12.7 Å². The SMILES string of the molecule is Cc1ccc(C(CN)Nc2ccc(F)c(Br)c2)cn1. The summed E-state index contributed by atoms with van der Waals surface area (Å²) in [5.41, 5.74) is 8.56. The Hall–Kier alpha value is -1.46. The highest BCUT2D eigenvalue weighted by Crippen LogP contribution is 2.23. The van der Waals surface area contributed by atoms with E-state index < -0.39 is 0 Å². The molecule has 0 saturated carbocycles. The standard InChI is InChI=1S/C14H15BrFN3/c1-9-2-3-10(8-18-9)14(7-17)19-11-4-5-13(16)12(15)6-11/h2-6,8,14,19H,7,17H2,1H3. The summed E-state index contributed by atoms with van der Waals surface area (Å²) in [6.07, 6.45) is 1.80. The van der Waals surface area contributed by atoms with Gasteiger partial charge in [-0.05, 0) is 52.7 Å². The Morgan fingerprint density at radius 2 is 2.16 bits per heavy atom. The van der Waals surface area contributed by atoms with Crippen molar-refractivity contribution >= 4 is 21.6 Å². The molecule has 19 heavy (non-hydrogen) atoms. The number of hydrogen-bond donors (Lipinski definition) is 2. The number of aromatic nitrogens is 1. The predicted octanol–water partition coefficient (Wildman–Crippen LogP) is 3.40. The van der Waals surface area contributed by atoms with Crippen LogP contribution < -0.4 is 11.1 Å². The van der Waals surface area contributed by atoms with Gasteiger partial charge in [0.1, 0.15) is 5.82 Å². The van der Waals surface area contributed by atoms with Gasteiger partial charge in [0.25, 0.3) is 0 Å². The van der Waals surface area contributed by atoms with Crippen LogP contribution >= 0.6 is 15.9 Å². The van der Waals surface area contributed by atoms with E-state index in [0.29, 0.717) is 11.0 Å². The lowest BCUT2D eigenvalue weighted by Crippen LogP contribution is -2.20.